The van der Waals surface area contributed by atoms with Crippen LogP contribution in [0.5, 0.6) is 0 Å². The van der Waals surface area contributed by atoms with Crippen molar-refractivity contribution in [1.29, 1.82) is 0 Å². The molecule has 0 aliphatic heterocycles. The van der Waals surface area contributed by atoms with Crippen LogP contribution >= 0.6 is 23.4 Å². The summed E-state index contributed by atoms with van der Waals surface area (Å²) in [5, 5.41) is 8.35. The highest BCUT2D eigenvalue weighted by molar-refractivity contribution is 7.99. The topological polar surface area (TPSA) is 81.8 Å². The average Bonchev–Trinajstić information content (AvgIpc) is 3.13. The Bertz CT molecular complexity index is 1350. The molecule has 0 unspecified atom stereocenters. The fraction of sp³-hybridized carbons (Fsp3) is 0.250. The molecule has 9 heteroatoms. The second kappa shape index (κ2) is 10.2. The van der Waals surface area contributed by atoms with Crippen LogP contribution in [0.25, 0.3) is 11.0 Å². The van der Waals surface area contributed by atoms with E-state index >= 15 is 0 Å². The van der Waals surface area contributed by atoms with Gasteiger partial charge in [-0.3, -0.25) is 18.8 Å². The number of benzene rings is 2. The first-order valence-corrected chi connectivity index (χ1v) is 12.0. The number of nitrogens with zero attached hydrogens (tertiary/aromatic N) is 4. The van der Waals surface area contributed by atoms with Gasteiger partial charge < -0.3 is 5.32 Å². The van der Waals surface area contributed by atoms with E-state index in [-0.39, 0.29) is 17.2 Å². The third-order valence-corrected chi connectivity index (χ3v) is 6.40. The second-order valence-corrected chi connectivity index (χ2v) is 8.91. The van der Waals surface area contributed by atoms with Crippen molar-refractivity contribution in [3.8, 4) is 0 Å². The SMILES string of the molecule is CCn1nc(C)c2nc(SCC(=O)Nc3cccc(Cl)c3)n(CCc3ccccc3)c(=O)c21. The molecule has 0 radical (unpaired) electrons. The molecule has 7 nitrogen and oxygen atoms in total. The predicted molar refractivity (Wildman–Crippen MR) is 133 cm³/mol. The maximum absolute atomic E-state index is 13.5. The largest absolute Gasteiger partial charge is 0.325 e. The summed E-state index contributed by atoms with van der Waals surface area (Å²) >= 11 is 7.23. The van der Waals surface area contributed by atoms with Crippen LogP contribution in [0.3, 0.4) is 0 Å². The number of aryl methyl sites for hydroxylation is 3. The van der Waals surface area contributed by atoms with Crippen LogP contribution in [0, 0.1) is 6.92 Å². The highest BCUT2D eigenvalue weighted by Crippen LogP contribution is 2.21. The summed E-state index contributed by atoms with van der Waals surface area (Å²) in [6.45, 7) is 4.82. The first-order chi connectivity index (χ1) is 16.0. The molecule has 33 heavy (non-hydrogen) atoms. The molecular formula is C24H24ClN5O2S. The van der Waals surface area contributed by atoms with Crippen LogP contribution in [0.15, 0.2) is 64.5 Å². The van der Waals surface area contributed by atoms with Gasteiger partial charge in [0, 0.05) is 23.8 Å². The summed E-state index contributed by atoms with van der Waals surface area (Å²) in [6.07, 6.45) is 0.676. The number of halogens is 1. The number of amides is 1. The number of thioether (sulfide) groups is 1. The third-order valence-electron chi connectivity index (χ3n) is 5.19. The molecule has 170 valence electrons. The molecule has 0 aliphatic rings. The number of anilines is 1. The maximum Gasteiger partial charge on any atom is 0.280 e. The number of fused-ring (bicyclic) bond motifs is 1. The Hall–Kier alpha value is -3.10. The van der Waals surface area contributed by atoms with E-state index in [9.17, 15) is 9.59 Å². The number of carbonyl (C=O) groups is 1. The van der Waals surface area contributed by atoms with Crippen LogP contribution in [-0.4, -0.2) is 31.0 Å². The van der Waals surface area contributed by atoms with E-state index in [0.717, 1.165) is 5.56 Å². The Morgan fingerprint density at radius 1 is 1.15 bits per heavy atom. The highest BCUT2D eigenvalue weighted by atomic mass is 35.5. The molecule has 0 saturated carbocycles. The summed E-state index contributed by atoms with van der Waals surface area (Å²) in [4.78, 5) is 30.8. The quantitative estimate of drug-likeness (QED) is 0.295. The minimum Gasteiger partial charge on any atom is -0.325 e. The van der Waals surface area contributed by atoms with Gasteiger partial charge in [-0.1, -0.05) is 59.8 Å². The van der Waals surface area contributed by atoms with Crippen molar-refractivity contribution in [2.75, 3.05) is 11.1 Å². The molecule has 2 heterocycles. The summed E-state index contributed by atoms with van der Waals surface area (Å²) in [7, 11) is 0. The van der Waals surface area contributed by atoms with Gasteiger partial charge in [-0.25, -0.2) is 4.98 Å². The molecule has 0 aliphatic carbocycles. The van der Waals surface area contributed by atoms with Gasteiger partial charge in [-0.15, -0.1) is 0 Å². The zero-order valence-corrected chi connectivity index (χ0v) is 20.0. The second-order valence-electron chi connectivity index (χ2n) is 7.53. The van der Waals surface area contributed by atoms with Crippen LogP contribution in [0.2, 0.25) is 5.02 Å². The van der Waals surface area contributed by atoms with Crippen molar-refractivity contribution in [1.82, 2.24) is 19.3 Å². The molecule has 0 atom stereocenters. The lowest BCUT2D eigenvalue weighted by atomic mass is 10.1. The Morgan fingerprint density at radius 3 is 2.67 bits per heavy atom. The average molecular weight is 482 g/mol. The van der Waals surface area contributed by atoms with Crippen LogP contribution in [0.1, 0.15) is 18.2 Å². The number of carbonyl (C=O) groups excluding carboxylic acids is 1. The van der Waals surface area contributed by atoms with Gasteiger partial charge in [-0.2, -0.15) is 5.10 Å². The summed E-state index contributed by atoms with van der Waals surface area (Å²) in [6, 6.07) is 17.0. The van der Waals surface area contributed by atoms with Gasteiger partial charge in [0.2, 0.25) is 5.91 Å². The van der Waals surface area contributed by atoms with E-state index in [4.69, 9.17) is 16.6 Å². The van der Waals surface area contributed by atoms with Crippen LogP contribution in [-0.2, 0) is 24.3 Å². The molecule has 0 saturated heterocycles. The number of hydrogen-bond donors (Lipinski definition) is 1. The molecule has 0 fully saturated rings. The minimum absolute atomic E-state index is 0.108. The Labute approximate surface area is 200 Å². The van der Waals surface area contributed by atoms with Crippen molar-refractivity contribution in [2.24, 2.45) is 0 Å². The number of nitrogens with one attached hydrogen (secondary N) is 1. The van der Waals surface area contributed by atoms with E-state index in [0.29, 0.717) is 52.1 Å². The smallest absolute Gasteiger partial charge is 0.280 e. The fourth-order valence-corrected chi connectivity index (χ4v) is 4.61. The van der Waals surface area contributed by atoms with Gasteiger partial charge >= 0.3 is 0 Å². The summed E-state index contributed by atoms with van der Waals surface area (Å²) < 4.78 is 3.35. The molecular weight excluding hydrogens is 458 g/mol. The zero-order valence-electron chi connectivity index (χ0n) is 18.4. The van der Waals surface area contributed by atoms with E-state index in [2.05, 4.69) is 10.4 Å². The van der Waals surface area contributed by atoms with E-state index in [1.807, 2.05) is 44.2 Å². The molecule has 0 bridgehead atoms. The predicted octanol–water partition coefficient (Wildman–Crippen LogP) is 4.55. The lowest BCUT2D eigenvalue weighted by molar-refractivity contribution is -0.113. The molecule has 4 aromatic rings. The monoisotopic (exact) mass is 481 g/mol. The third kappa shape index (κ3) is 5.29. The number of hydrogen-bond acceptors (Lipinski definition) is 5. The molecule has 0 spiro atoms. The van der Waals surface area contributed by atoms with Crippen molar-refractivity contribution in [2.45, 2.75) is 38.5 Å². The minimum atomic E-state index is -0.202. The zero-order chi connectivity index (χ0) is 23.4. The molecule has 2 aromatic carbocycles. The van der Waals surface area contributed by atoms with Gasteiger partial charge in [0.25, 0.3) is 5.56 Å². The summed E-state index contributed by atoms with van der Waals surface area (Å²) in [5.74, 6) is -0.0938. The molecule has 1 N–H and O–H groups in total. The lowest BCUT2D eigenvalue weighted by Gasteiger charge is -2.13. The highest BCUT2D eigenvalue weighted by Gasteiger charge is 2.19. The van der Waals surface area contributed by atoms with Crippen molar-refractivity contribution in [3.05, 3.63) is 81.2 Å². The first-order valence-electron chi connectivity index (χ1n) is 10.7. The Kier molecular flexibility index (Phi) is 7.15. The Morgan fingerprint density at radius 2 is 1.94 bits per heavy atom. The van der Waals surface area contributed by atoms with E-state index in [1.165, 1.54) is 11.8 Å². The first kappa shape index (κ1) is 23.1. The lowest BCUT2D eigenvalue weighted by Crippen LogP contribution is -2.26. The van der Waals surface area contributed by atoms with Crippen molar-refractivity contribution >= 4 is 46.0 Å². The Balaban J connectivity index is 1.62. The van der Waals surface area contributed by atoms with Gasteiger partial charge in [-0.05, 0) is 44.0 Å². The van der Waals surface area contributed by atoms with Gasteiger partial charge in [0.15, 0.2) is 10.7 Å². The molecule has 1 amide bonds. The molecule has 2 aromatic heterocycles. The number of rotatable bonds is 8. The standard InChI is InChI=1S/C24H24ClN5O2S/c1-3-30-22-21(16(2)28-30)27-24(29(23(22)32)13-12-17-8-5-4-6-9-17)33-15-20(31)26-19-11-7-10-18(25)14-19/h4-11,14H,3,12-13,15H2,1-2H3,(H,26,31). The van der Waals surface area contributed by atoms with Crippen LogP contribution < -0.4 is 10.9 Å². The maximum atomic E-state index is 13.5. The van der Waals surface area contributed by atoms with Crippen molar-refractivity contribution in [3.63, 3.8) is 0 Å². The van der Waals surface area contributed by atoms with E-state index in [1.54, 1.807) is 33.5 Å². The normalized spacial score (nSPS) is 11.1. The van der Waals surface area contributed by atoms with Gasteiger partial charge in [0.05, 0.1) is 11.4 Å². The van der Waals surface area contributed by atoms with Crippen molar-refractivity contribution < 1.29 is 4.79 Å². The molecule has 4 rings (SSSR count). The fourth-order valence-electron chi connectivity index (χ4n) is 3.60. The van der Waals surface area contributed by atoms with Crippen LogP contribution in [0.4, 0.5) is 5.69 Å². The number of aromatic nitrogens is 4. The van der Waals surface area contributed by atoms with E-state index < -0.39 is 0 Å². The summed E-state index contributed by atoms with van der Waals surface area (Å²) in [5.41, 5.74) is 3.38. The van der Waals surface area contributed by atoms with Gasteiger partial charge in [0.1, 0.15) is 5.52 Å².